The number of hydrogen-bond acceptors (Lipinski definition) is 7. The Kier molecular flexibility index (Phi) is 8.20. The minimum absolute atomic E-state index is 0.318. The Morgan fingerprint density at radius 3 is 2.54 bits per heavy atom. The molecule has 2 aromatic carbocycles. The van der Waals surface area contributed by atoms with Gasteiger partial charge in [-0.05, 0) is 62.4 Å². The summed E-state index contributed by atoms with van der Waals surface area (Å²) in [4.78, 5) is 7.21. The van der Waals surface area contributed by atoms with E-state index in [9.17, 15) is 8.42 Å². The zero-order valence-corrected chi connectivity index (χ0v) is 22.1. The quantitative estimate of drug-likeness (QED) is 0.302. The van der Waals surface area contributed by atoms with Crippen LogP contribution in [-0.2, 0) is 10.0 Å². The van der Waals surface area contributed by atoms with E-state index in [-0.39, 0.29) is 0 Å². The molecule has 35 heavy (non-hydrogen) atoms. The fraction of sp³-hybridized carbons (Fsp3) is 0.385. The van der Waals surface area contributed by atoms with E-state index in [4.69, 9.17) is 0 Å². The summed E-state index contributed by atoms with van der Waals surface area (Å²) in [6, 6.07) is 15.3. The lowest BCUT2D eigenvalue weighted by Gasteiger charge is -2.29. The van der Waals surface area contributed by atoms with Gasteiger partial charge >= 0.3 is 0 Å². The monoisotopic (exact) mass is 511 g/mol. The Bertz CT molecular complexity index is 1240. The first-order valence-electron chi connectivity index (χ1n) is 12.1. The number of nitrogens with zero attached hydrogens (tertiary/aromatic N) is 4. The fourth-order valence-electron chi connectivity index (χ4n) is 4.17. The number of benzene rings is 2. The number of anilines is 2. The van der Waals surface area contributed by atoms with Crippen LogP contribution >= 0.6 is 11.3 Å². The number of nitrogens with one attached hydrogen (secondary N) is 1. The third kappa shape index (κ3) is 6.09. The van der Waals surface area contributed by atoms with Crippen molar-refractivity contribution in [1.82, 2.24) is 9.29 Å². The number of aromatic nitrogens is 1. The van der Waals surface area contributed by atoms with Gasteiger partial charge in [-0.2, -0.15) is 9.41 Å². The number of hydrazone groups is 1. The highest BCUT2D eigenvalue weighted by atomic mass is 32.2. The largest absolute Gasteiger partial charge is 0.372 e. The molecule has 1 aliphatic heterocycles. The third-order valence-corrected chi connectivity index (χ3v) is 9.05. The molecule has 0 amide bonds. The van der Waals surface area contributed by atoms with E-state index in [1.165, 1.54) is 17.0 Å². The summed E-state index contributed by atoms with van der Waals surface area (Å²) in [6.45, 7) is 9.58. The van der Waals surface area contributed by atoms with Gasteiger partial charge in [-0.1, -0.05) is 31.2 Å². The van der Waals surface area contributed by atoms with E-state index in [0.717, 1.165) is 42.8 Å². The second kappa shape index (κ2) is 11.3. The number of sulfonamides is 1. The normalized spacial score (nSPS) is 15.5. The number of piperidine rings is 1. The molecule has 0 unspecified atom stereocenters. The summed E-state index contributed by atoms with van der Waals surface area (Å²) in [5.41, 5.74) is 6.67. The summed E-state index contributed by atoms with van der Waals surface area (Å²) in [5.74, 6) is 0.572. The van der Waals surface area contributed by atoms with E-state index >= 15 is 0 Å². The van der Waals surface area contributed by atoms with Gasteiger partial charge in [0.2, 0.25) is 15.2 Å². The second-order valence-electron chi connectivity index (χ2n) is 8.79. The molecule has 1 N–H and O–H groups in total. The van der Waals surface area contributed by atoms with Gasteiger partial charge in [-0.3, -0.25) is 5.43 Å². The van der Waals surface area contributed by atoms with E-state index in [1.54, 1.807) is 28.7 Å². The molecule has 1 aliphatic rings. The van der Waals surface area contributed by atoms with Crippen LogP contribution in [0.3, 0.4) is 0 Å². The van der Waals surface area contributed by atoms with Crippen LogP contribution in [0.15, 0.2) is 63.9 Å². The summed E-state index contributed by atoms with van der Waals surface area (Å²) < 4.78 is 27.9. The van der Waals surface area contributed by atoms with Gasteiger partial charge in [0.15, 0.2) is 0 Å². The van der Waals surface area contributed by atoms with Gasteiger partial charge in [0, 0.05) is 42.8 Å². The molecule has 1 saturated heterocycles. The Morgan fingerprint density at radius 2 is 1.86 bits per heavy atom. The van der Waals surface area contributed by atoms with E-state index < -0.39 is 10.0 Å². The Balaban J connectivity index is 1.42. The summed E-state index contributed by atoms with van der Waals surface area (Å²) in [6.07, 6.45) is 3.57. The maximum absolute atomic E-state index is 13.1. The van der Waals surface area contributed by atoms with Crippen LogP contribution in [0.5, 0.6) is 0 Å². The number of rotatable bonds is 9. The lowest BCUT2D eigenvalue weighted by Crippen LogP contribution is -2.37. The molecule has 0 radical (unpaired) electrons. The SMILES string of the molecule is CCN(CC)c1ccc(/C=N/Nc2nc(-c3cccc(S(=O)(=O)N4CCC(C)CC4)c3)cs2)cc1. The zero-order valence-electron chi connectivity index (χ0n) is 20.5. The van der Waals surface area contributed by atoms with Crippen LogP contribution in [-0.4, -0.2) is 50.1 Å². The molecule has 1 aromatic heterocycles. The summed E-state index contributed by atoms with van der Waals surface area (Å²) in [7, 11) is -3.50. The molecule has 0 spiro atoms. The van der Waals surface area contributed by atoms with Crippen LogP contribution in [0.2, 0.25) is 0 Å². The van der Waals surface area contributed by atoms with E-state index in [0.29, 0.717) is 29.0 Å². The zero-order chi connectivity index (χ0) is 24.8. The van der Waals surface area contributed by atoms with Crippen LogP contribution < -0.4 is 10.3 Å². The molecule has 0 saturated carbocycles. The van der Waals surface area contributed by atoms with Gasteiger partial charge in [0.25, 0.3) is 0 Å². The van der Waals surface area contributed by atoms with Crippen LogP contribution in [0.4, 0.5) is 10.8 Å². The van der Waals surface area contributed by atoms with Gasteiger partial charge in [0.05, 0.1) is 16.8 Å². The van der Waals surface area contributed by atoms with Crippen molar-refractivity contribution in [3.8, 4) is 11.3 Å². The van der Waals surface area contributed by atoms with Crippen molar-refractivity contribution in [2.75, 3.05) is 36.5 Å². The van der Waals surface area contributed by atoms with Gasteiger partial charge in [0.1, 0.15) is 0 Å². The van der Waals surface area contributed by atoms with Crippen molar-refractivity contribution >= 4 is 38.4 Å². The highest BCUT2D eigenvalue weighted by molar-refractivity contribution is 7.89. The number of thiazole rings is 1. The average molecular weight is 512 g/mol. The summed E-state index contributed by atoms with van der Waals surface area (Å²) in [5, 5.41) is 6.87. The standard InChI is InChI=1S/C26H33N5O2S2/c1-4-30(5-2)23-11-9-21(10-12-23)18-27-29-26-28-25(19-34-26)22-7-6-8-24(17-22)35(32,33)31-15-13-20(3)14-16-31/h6-12,17-20H,4-5,13-16H2,1-3H3,(H,28,29)/b27-18+. The van der Waals surface area contributed by atoms with Crippen molar-refractivity contribution in [3.05, 3.63) is 59.5 Å². The van der Waals surface area contributed by atoms with Gasteiger partial charge in [-0.25, -0.2) is 13.4 Å². The minimum atomic E-state index is -3.50. The molecule has 0 aliphatic carbocycles. The van der Waals surface area contributed by atoms with Crippen molar-refractivity contribution < 1.29 is 8.42 Å². The first kappa shape index (κ1) is 25.3. The first-order valence-corrected chi connectivity index (χ1v) is 14.4. The van der Waals surface area contributed by atoms with Crippen LogP contribution in [0.25, 0.3) is 11.3 Å². The number of hydrogen-bond donors (Lipinski definition) is 1. The average Bonchev–Trinajstić information content (AvgIpc) is 3.35. The van der Waals surface area contributed by atoms with Crippen molar-refractivity contribution in [1.29, 1.82) is 0 Å². The molecular weight excluding hydrogens is 478 g/mol. The molecule has 186 valence electrons. The van der Waals surface area contributed by atoms with Crippen LogP contribution in [0.1, 0.15) is 39.2 Å². The maximum Gasteiger partial charge on any atom is 0.243 e. The molecular formula is C26H33N5O2S2. The lowest BCUT2D eigenvalue weighted by atomic mass is 10.0. The molecule has 2 heterocycles. The predicted molar refractivity (Wildman–Crippen MR) is 146 cm³/mol. The highest BCUT2D eigenvalue weighted by Gasteiger charge is 2.28. The molecule has 3 aromatic rings. The highest BCUT2D eigenvalue weighted by Crippen LogP contribution is 2.29. The first-order chi connectivity index (χ1) is 16.9. The molecule has 9 heteroatoms. The third-order valence-electron chi connectivity index (χ3n) is 6.41. The van der Waals surface area contributed by atoms with Gasteiger partial charge in [-0.15, -0.1) is 11.3 Å². The van der Waals surface area contributed by atoms with Gasteiger partial charge < -0.3 is 4.90 Å². The fourth-order valence-corrected chi connectivity index (χ4v) is 6.35. The maximum atomic E-state index is 13.1. The smallest absolute Gasteiger partial charge is 0.243 e. The Labute approximate surface area is 212 Å². The van der Waals surface area contributed by atoms with Crippen molar-refractivity contribution in [2.24, 2.45) is 11.0 Å². The minimum Gasteiger partial charge on any atom is -0.372 e. The molecule has 1 fully saturated rings. The van der Waals surface area contributed by atoms with E-state index in [1.807, 2.05) is 23.6 Å². The molecule has 4 rings (SSSR count). The predicted octanol–water partition coefficient (Wildman–Crippen LogP) is 5.52. The topological polar surface area (TPSA) is 77.9 Å². The summed E-state index contributed by atoms with van der Waals surface area (Å²) >= 11 is 1.43. The molecule has 0 bridgehead atoms. The van der Waals surface area contributed by atoms with E-state index in [2.05, 4.69) is 53.3 Å². The Morgan fingerprint density at radius 1 is 1.14 bits per heavy atom. The Hall–Kier alpha value is -2.75. The van der Waals surface area contributed by atoms with Crippen molar-refractivity contribution in [2.45, 2.75) is 38.5 Å². The van der Waals surface area contributed by atoms with Crippen LogP contribution in [0, 0.1) is 5.92 Å². The second-order valence-corrected chi connectivity index (χ2v) is 11.6. The molecule has 0 atom stereocenters. The lowest BCUT2D eigenvalue weighted by molar-refractivity contribution is 0.288. The molecule has 7 nitrogen and oxygen atoms in total. The van der Waals surface area contributed by atoms with Crippen molar-refractivity contribution in [3.63, 3.8) is 0 Å².